The standard InChI is InChI=1S/C26H38O2Si.C19H31BrO2Si.C7H9BO2/c1-20-8-14-23(15-9-20)24-16-12-21(13-17-24)10-11-22-18-27-29(28-19-22,25(2,3)4)26(5,6)7;1-18(2,3)23(19(4,5)6)21-13-16(14-22-23)8-7-15-9-11-17(20)12-10-15;1-6-2-4-7(5-3-6)8(9)10/h8-9,12-17,22H,10-11,18-19H2,1-7H3;9-12,16H,7-8,13-14H2,1-6H3;2-5,9-10H,1H3. The van der Waals surface area contributed by atoms with Gasteiger partial charge in [0.1, 0.15) is 0 Å². The predicted molar refractivity (Wildman–Crippen MR) is 270 cm³/mol. The van der Waals surface area contributed by atoms with Crippen LogP contribution < -0.4 is 5.46 Å². The highest BCUT2D eigenvalue weighted by molar-refractivity contribution is 9.10. The maximum Gasteiger partial charge on any atom is 0.488 e. The van der Waals surface area contributed by atoms with Crippen molar-refractivity contribution in [2.24, 2.45) is 11.8 Å². The quantitative estimate of drug-likeness (QED) is 0.171. The Morgan fingerprint density at radius 3 is 1.08 bits per heavy atom. The second-order valence-corrected chi connectivity index (χ2v) is 32.3. The van der Waals surface area contributed by atoms with Gasteiger partial charge in [0.15, 0.2) is 0 Å². The van der Waals surface area contributed by atoms with Crippen molar-refractivity contribution in [1.29, 1.82) is 0 Å². The number of benzene rings is 4. The lowest BCUT2D eigenvalue weighted by molar-refractivity contribution is 0.0292. The van der Waals surface area contributed by atoms with Crippen LogP contribution in [0.3, 0.4) is 0 Å². The molecule has 2 aliphatic heterocycles. The van der Waals surface area contributed by atoms with Crippen molar-refractivity contribution in [3.8, 4) is 11.1 Å². The third-order valence-electron chi connectivity index (χ3n) is 12.3. The summed E-state index contributed by atoms with van der Waals surface area (Å²) >= 11 is 3.49. The van der Waals surface area contributed by atoms with E-state index >= 15 is 0 Å². The maximum atomic E-state index is 8.67. The Morgan fingerprint density at radius 1 is 0.484 bits per heavy atom. The van der Waals surface area contributed by atoms with Crippen LogP contribution in [0, 0.1) is 25.7 Å². The van der Waals surface area contributed by atoms with E-state index in [1.54, 1.807) is 12.1 Å². The minimum absolute atomic E-state index is 0.0715. The van der Waals surface area contributed by atoms with Crippen LogP contribution in [0.4, 0.5) is 0 Å². The molecule has 0 atom stereocenters. The summed E-state index contributed by atoms with van der Waals surface area (Å²) in [4.78, 5) is 0. The van der Waals surface area contributed by atoms with Crippen molar-refractivity contribution in [2.75, 3.05) is 26.4 Å². The second-order valence-electron chi connectivity index (χ2n) is 21.8. The van der Waals surface area contributed by atoms with Crippen LogP contribution in [0.15, 0.2) is 102 Å². The molecule has 0 aromatic heterocycles. The van der Waals surface area contributed by atoms with Gasteiger partial charge in [-0.2, -0.15) is 0 Å². The summed E-state index contributed by atoms with van der Waals surface area (Å²) in [7, 11) is -5.88. The van der Waals surface area contributed by atoms with Crippen LogP contribution in [-0.4, -0.2) is 60.7 Å². The van der Waals surface area contributed by atoms with Crippen LogP contribution in [-0.2, 0) is 30.5 Å². The number of hydrogen-bond acceptors (Lipinski definition) is 6. The Hall–Kier alpha value is -2.38. The molecule has 0 saturated carbocycles. The van der Waals surface area contributed by atoms with Gasteiger partial charge in [0.05, 0.1) is 0 Å². The van der Waals surface area contributed by atoms with Gasteiger partial charge in [0.25, 0.3) is 0 Å². The first-order valence-electron chi connectivity index (χ1n) is 22.7. The van der Waals surface area contributed by atoms with E-state index in [1.165, 1.54) is 27.8 Å². The van der Waals surface area contributed by atoms with Crippen LogP contribution in [0.25, 0.3) is 11.1 Å². The van der Waals surface area contributed by atoms with E-state index in [0.29, 0.717) is 17.3 Å². The van der Waals surface area contributed by atoms with Crippen LogP contribution >= 0.6 is 15.9 Å². The molecular formula is C52H78BBrO6Si2. The zero-order valence-corrected chi connectivity index (χ0v) is 44.1. The number of hydrogen-bond donors (Lipinski definition) is 2. The highest BCUT2D eigenvalue weighted by Crippen LogP contribution is 2.55. The fourth-order valence-corrected chi connectivity index (χ4v) is 19.5. The Kier molecular flexibility index (Phi) is 18.3. The fourth-order valence-electron chi connectivity index (χ4n) is 9.18. The second kappa shape index (κ2) is 21.7. The van der Waals surface area contributed by atoms with E-state index in [2.05, 4.69) is 179 Å². The minimum Gasteiger partial charge on any atom is -0.423 e. The molecule has 0 aliphatic carbocycles. The van der Waals surface area contributed by atoms with E-state index in [9.17, 15) is 0 Å². The number of rotatable bonds is 8. The van der Waals surface area contributed by atoms with Gasteiger partial charge in [-0.1, -0.05) is 195 Å². The highest BCUT2D eigenvalue weighted by atomic mass is 79.9. The van der Waals surface area contributed by atoms with Crippen molar-refractivity contribution in [2.45, 2.75) is 143 Å². The van der Waals surface area contributed by atoms with E-state index < -0.39 is 24.2 Å². The van der Waals surface area contributed by atoms with Gasteiger partial charge in [-0.3, -0.25) is 0 Å². The molecule has 4 aromatic carbocycles. The maximum absolute atomic E-state index is 8.67. The lowest BCUT2D eigenvalue weighted by Crippen LogP contribution is -2.61. The molecule has 6 rings (SSSR count). The molecule has 2 saturated heterocycles. The molecule has 2 N–H and O–H groups in total. The van der Waals surface area contributed by atoms with Gasteiger partial charge in [0, 0.05) is 62.9 Å². The van der Waals surface area contributed by atoms with Gasteiger partial charge in [-0.25, -0.2) is 0 Å². The number of aryl methyl sites for hydroxylation is 4. The summed E-state index contributed by atoms with van der Waals surface area (Å²) in [5.41, 5.74) is 8.28. The lowest BCUT2D eigenvalue weighted by atomic mass is 9.80. The molecule has 0 bridgehead atoms. The van der Waals surface area contributed by atoms with Crippen molar-refractivity contribution >= 4 is 45.6 Å². The van der Waals surface area contributed by atoms with Gasteiger partial charge in [-0.15, -0.1) is 0 Å². The van der Waals surface area contributed by atoms with E-state index in [1.807, 2.05) is 19.1 Å². The van der Waals surface area contributed by atoms with Crippen molar-refractivity contribution in [1.82, 2.24) is 0 Å². The molecule has 62 heavy (non-hydrogen) atoms. The van der Waals surface area contributed by atoms with Crippen molar-refractivity contribution in [3.05, 3.63) is 124 Å². The Morgan fingerprint density at radius 2 is 0.774 bits per heavy atom. The topological polar surface area (TPSA) is 77.4 Å². The third-order valence-corrected chi connectivity index (χ3v) is 23.1. The fraction of sp³-hybridized carbons (Fsp3) is 0.538. The highest BCUT2D eigenvalue weighted by Gasteiger charge is 2.61. The Balaban J connectivity index is 0.000000227. The average Bonchev–Trinajstić information content (AvgIpc) is 3.20. The van der Waals surface area contributed by atoms with E-state index in [0.717, 1.165) is 62.1 Å². The molecule has 10 heteroatoms. The summed E-state index contributed by atoms with van der Waals surface area (Å²) in [6, 6.07) is 33.4. The van der Waals surface area contributed by atoms with Gasteiger partial charge >= 0.3 is 24.2 Å². The molecule has 340 valence electrons. The van der Waals surface area contributed by atoms with Crippen LogP contribution in [0.1, 0.15) is 118 Å². The summed E-state index contributed by atoms with van der Waals surface area (Å²) in [5, 5.41) is 17.7. The lowest BCUT2D eigenvalue weighted by Gasteiger charge is -2.52. The molecule has 2 fully saturated rings. The normalized spacial score (nSPS) is 17.3. The summed E-state index contributed by atoms with van der Waals surface area (Å²) in [6.45, 7) is 34.7. The smallest absolute Gasteiger partial charge is 0.423 e. The first kappa shape index (κ1) is 52.2. The summed E-state index contributed by atoms with van der Waals surface area (Å²) in [6.07, 6.45) is 4.40. The van der Waals surface area contributed by atoms with Crippen molar-refractivity contribution in [3.63, 3.8) is 0 Å². The number of halogens is 1. The molecule has 4 aromatic rings. The molecule has 0 spiro atoms. The molecule has 2 heterocycles. The zero-order chi connectivity index (χ0) is 46.1. The van der Waals surface area contributed by atoms with Gasteiger partial charge in [0.2, 0.25) is 0 Å². The van der Waals surface area contributed by atoms with Gasteiger partial charge < -0.3 is 27.8 Å². The summed E-state index contributed by atoms with van der Waals surface area (Å²) in [5.74, 6) is 0.987. The largest absolute Gasteiger partial charge is 0.488 e. The Bertz CT molecular complexity index is 1890. The third kappa shape index (κ3) is 13.8. The van der Waals surface area contributed by atoms with E-state index in [4.69, 9.17) is 27.8 Å². The first-order valence-corrected chi connectivity index (χ1v) is 27.1. The average molecular weight is 946 g/mol. The molecular weight excluding hydrogens is 867 g/mol. The molecule has 0 radical (unpaired) electrons. The molecule has 0 amide bonds. The van der Waals surface area contributed by atoms with Crippen LogP contribution in [0.2, 0.25) is 20.2 Å². The monoisotopic (exact) mass is 944 g/mol. The molecule has 6 nitrogen and oxygen atoms in total. The van der Waals surface area contributed by atoms with Gasteiger partial charge in [-0.05, 0) is 79.4 Å². The minimum atomic E-state index is -2.29. The van der Waals surface area contributed by atoms with Crippen LogP contribution in [0.5, 0.6) is 0 Å². The predicted octanol–water partition coefficient (Wildman–Crippen LogP) is 13.1. The van der Waals surface area contributed by atoms with E-state index in [-0.39, 0.29) is 20.2 Å². The molecule has 2 aliphatic rings. The SMILES string of the molecule is CC(C)(C)[Si]1(C(C)(C)C)OCC(CCc2ccc(Br)cc2)CO1.Cc1ccc(-c2ccc(CCC3CO[Si](C(C)(C)C)(C(C)(C)C)OC3)cc2)cc1.Cc1ccc(B(O)O)cc1. The molecule has 0 unspecified atom stereocenters. The zero-order valence-electron chi connectivity index (χ0n) is 40.5. The van der Waals surface area contributed by atoms with Crippen molar-refractivity contribution < 1.29 is 27.8 Å². The Labute approximate surface area is 387 Å². The first-order chi connectivity index (χ1) is 28.8. The summed E-state index contributed by atoms with van der Waals surface area (Å²) < 4.78 is 27.4.